The van der Waals surface area contributed by atoms with Crippen LogP contribution in [0, 0.1) is 0 Å². The standard InChI is InChI=1S/C11H14O2/c1-8(2)10(12)11(13)9-6-4-3-5-7-9/h3-7,10-13H,1H2,2H3. The number of aliphatic hydroxyl groups excluding tert-OH is 2. The highest BCUT2D eigenvalue weighted by Crippen LogP contribution is 2.19. The minimum absolute atomic E-state index is 0.566. The van der Waals surface area contributed by atoms with Gasteiger partial charge in [0.25, 0.3) is 0 Å². The Bertz CT molecular complexity index is 279. The lowest BCUT2D eigenvalue weighted by Gasteiger charge is -2.17. The van der Waals surface area contributed by atoms with Gasteiger partial charge < -0.3 is 10.2 Å². The van der Waals surface area contributed by atoms with Crippen LogP contribution in [0.5, 0.6) is 0 Å². The number of hydrogen-bond donors (Lipinski definition) is 2. The summed E-state index contributed by atoms with van der Waals surface area (Å²) in [5.41, 5.74) is 1.27. The van der Waals surface area contributed by atoms with Crippen LogP contribution in [0.3, 0.4) is 0 Å². The van der Waals surface area contributed by atoms with Gasteiger partial charge in [-0.2, -0.15) is 0 Å². The smallest absolute Gasteiger partial charge is 0.109 e. The molecule has 0 aromatic heterocycles. The van der Waals surface area contributed by atoms with Crippen molar-refractivity contribution in [1.82, 2.24) is 0 Å². The van der Waals surface area contributed by atoms with E-state index in [0.717, 1.165) is 0 Å². The first-order chi connectivity index (χ1) is 6.13. The van der Waals surface area contributed by atoms with Crippen LogP contribution in [-0.2, 0) is 0 Å². The second kappa shape index (κ2) is 4.21. The summed E-state index contributed by atoms with van der Waals surface area (Å²) in [6, 6.07) is 9.06. The van der Waals surface area contributed by atoms with E-state index < -0.39 is 12.2 Å². The molecular formula is C11H14O2. The van der Waals surface area contributed by atoms with Crippen molar-refractivity contribution >= 4 is 0 Å². The van der Waals surface area contributed by atoms with Gasteiger partial charge in [-0.25, -0.2) is 0 Å². The molecule has 1 rings (SSSR count). The average molecular weight is 178 g/mol. The molecule has 2 N–H and O–H groups in total. The number of hydrogen-bond acceptors (Lipinski definition) is 2. The quantitative estimate of drug-likeness (QED) is 0.691. The van der Waals surface area contributed by atoms with Crippen LogP contribution in [-0.4, -0.2) is 16.3 Å². The summed E-state index contributed by atoms with van der Waals surface area (Å²) < 4.78 is 0. The van der Waals surface area contributed by atoms with Crippen LogP contribution in [0.25, 0.3) is 0 Å². The van der Waals surface area contributed by atoms with E-state index >= 15 is 0 Å². The third-order valence-corrected chi connectivity index (χ3v) is 1.95. The van der Waals surface area contributed by atoms with Gasteiger partial charge in [0, 0.05) is 0 Å². The Balaban J connectivity index is 2.79. The van der Waals surface area contributed by atoms with Gasteiger partial charge in [0.2, 0.25) is 0 Å². The highest BCUT2D eigenvalue weighted by molar-refractivity contribution is 5.21. The Labute approximate surface area is 78.2 Å². The maximum Gasteiger partial charge on any atom is 0.109 e. The Morgan fingerprint density at radius 1 is 1.23 bits per heavy atom. The number of benzene rings is 1. The lowest BCUT2D eigenvalue weighted by Crippen LogP contribution is -2.18. The molecule has 2 atom stereocenters. The lowest BCUT2D eigenvalue weighted by atomic mass is 10.0. The Kier molecular flexibility index (Phi) is 3.23. The molecule has 0 amide bonds. The zero-order chi connectivity index (χ0) is 9.84. The second-order valence-electron chi connectivity index (χ2n) is 3.15. The summed E-state index contributed by atoms with van der Waals surface area (Å²) in [6.07, 6.45) is -1.76. The van der Waals surface area contributed by atoms with Crippen molar-refractivity contribution in [1.29, 1.82) is 0 Å². The minimum Gasteiger partial charge on any atom is -0.386 e. The molecule has 2 heteroatoms. The van der Waals surface area contributed by atoms with Crippen LogP contribution in [0.2, 0.25) is 0 Å². The summed E-state index contributed by atoms with van der Waals surface area (Å²) in [5.74, 6) is 0. The second-order valence-corrected chi connectivity index (χ2v) is 3.15. The van der Waals surface area contributed by atoms with Crippen molar-refractivity contribution in [3.63, 3.8) is 0 Å². The molecule has 0 bridgehead atoms. The lowest BCUT2D eigenvalue weighted by molar-refractivity contribution is 0.0415. The summed E-state index contributed by atoms with van der Waals surface area (Å²) in [7, 11) is 0. The molecule has 2 nitrogen and oxygen atoms in total. The van der Waals surface area contributed by atoms with E-state index in [2.05, 4.69) is 6.58 Å². The third-order valence-electron chi connectivity index (χ3n) is 1.95. The third kappa shape index (κ3) is 2.41. The highest BCUT2D eigenvalue weighted by atomic mass is 16.3. The average Bonchev–Trinajstić information content (AvgIpc) is 2.17. The number of aliphatic hydroxyl groups is 2. The minimum atomic E-state index is -0.887. The molecule has 0 aliphatic carbocycles. The largest absolute Gasteiger partial charge is 0.386 e. The van der Waals surface area contributed by atoms with Gasteiger partial charge in [0.15, 0.2) is 0 Å². The van der Waals surface area contributed by atoms with Gasteiger partial charge in [-0.1, -0.05) is 36.9 Å². The van der Waals surface area contributed by atoms with Crippen molar-refractivity contribution in [2.75, 3.05) is 0 Å². The summed E-state index contributed by atoms with van der Waals surface area (Å²) >= 11 is 0. The topological polar surface area (TPSA) is 40.5 Å². The molecule has 0 saturated heterocycles. The van der Waals surface area contributed by atoms with Crippen LogP contribution in [0.4, 0.5) is 0 Å². The Morgan fingerprint density at radius 3 is 2.23 bits per heavy atom. The van der Waals surface area contributed by atoms with Crippen molar-refractivity contribution in [3.8, 4) is 0 Å². The van der Waals surface area contributed by atoms with Crippen molar-refractivity contribution < 1.29 is 10.2 Å². The van der Waals surface area contributed by atoms with Gasteiger partial charge in [-0.15, -0.1) is 0 Å². The fourth-order valence-corrected chi connectivity index (χ4v) is 1.10. The van der Waals surface area contributed by atoms with Gasteiger partial charge >= 0.3 is 0 Å². The maximum atomic E-state index is 9.65. The first kappa shape index (κ1) is 9.96. The fraction of sp³-hybridized carbons (Fsp3) is 0.273. The maximum absolute atomic E-state index is 9.65. The predicted molar refractivity (Wildman–Crippen MR) is 52.2 cm³/mol. The van der Waals surface area contributed by atoms with E-state index in [1.807, 2.05) is 18.2 Å². The van der Waals surface area contributed by atoms with E-state index in [1.165, 1.54) is 0 Å². The van der Waals surface area contributed by atoms with Gasteiger partial charge in [-0.05, 0) is 18.1 Å². The van der Waals surface area contributed by atoms with Crippen molar-refractivity contribution in [3.05, 3.63) is 48.0 Å². The molecule has 1 aromatic rings. The summed E-state index contributed by atoms with van der Waals surface area (Å²) in [6.45, 7) is 5.28. The van der Waals surface area contributed by atoms with Crippen LogP contribution >= 0.6 is 0 Å². The summed E-state index contributed by atoms with van der Waals surface area (Å²) in [5, 5.41) is 19.1. The molecular weight excluding hydrogens is 164 g/mol. The zero-order valence-electron chi connectivity index (χ0n) is 7.64. The molecule has 0 fully saturated rings. The highest BCUT2D eigenvalue weighted by Gasteiger charge is 2.17. The predicted octanol–water partition coefficient (Wildman–Crippen LogP) is 1.66. The van der Waals surface area contributed by atoms with Gasteiger partial charge in [0.05, 0.1) is 0 Å². The molecule has 0 aliphatic heterocycles. The molecule has 13 heavy (non-hydrogen) atoms. The first-order valence-corrected chi connectivity index (χ1v) is 4.19. The van der Waals surface area contributed by atoms with Crippen LogP contribution in [0.15, 0.2) is 42.5 Å². The molecule has 2 unspecified atom stereocenters. The van der Waals surface area contributed by atoms with E-state index in [1.54, 1.807) is 19.1 Å². The molecule has 1 aromatic carbocycles. The molecule has 0 spiro atoms. The van der Waals surface area contributed by atoms with Crippen LogP contribution in [0.1, 0.15) is 18.6 Å². The molecule has 0 saturated carbocycles. The molecule has 70 valence electrons. The van der Waals surface area contributed by atoms with Gasteiger partial charge in [0.1, 0.15) is 12.2 Å². The summed E-state index contributed by atoms with van der Waals surface area (Å²) in [4.78, 5) is 0. The van der Waals surface area contributed by atoms with Crippen LogP contribution < -0.4 is 0 Å². The molecule has 0 radical (unpaired) electrons. The first-order valence-electron chi connectivity index (χ1n) is 4.19. The molecule has 0 heterocycles. The Morgan fingerprint density at radius 2 is 1.77 bits per heavy atom. The van der Waals surface area contributed by atoms with E-state index in [4.69, 9.17) is 0 Å². The fourth-order valence-electron chi connectivity index (χ4n) is 1.10. The Hall–Kier alpha value is -1.12. The SMILES string of the molecule is C=C(C)C(O)C(O)c1ccccc1. The zero-order valence-corrected chi connectivity index (χ0v) is 7.64. The van der Waals surface area contributed by atoms with Crippen molar-refractivity contribution in [2.24, 2.45) is 0 Å². The monoisotopic (exact) mass is 178 g/mol. The van der Waals surface area contributed by atoms with E-state index in [9.17, 15) is 10.2 Å². The van der Waals surface area contributed by atoms with Crippen molar-refractivity contribution in [2.45, 2.75) is 19.1 Å². The normalized spacial score (nSPS) is 15.0. The van der Waals surface area contributed by atoms with E-state index in [0.29, 0.717) is 11.1 Å². The van der Waals surface area contributed by atoms with Gasteiger partial charge in [-0.3, -0.25) is 0 Å². The number of rotatable bonds is 3. The molecule has 0 aliphatic rings. The van der Waals surface area contributed by atoms with E-state index in [-0.39, 0.29) is 0 Å².